The van der Waals surface area contributed by atoms with Gasteiger partial charge >= 0.3 is 5.97 Å². The lowest BCUT2D eigenvalue weighted by molar-refractivity contribution is -0.117. The lowest BCUT2D eigenvalue weighted by atomic mass is 10.2. The number of benzene rings is 2. The molecule has 3 aromatic rings. The lowest BCUT2D eigenvalue weighted by Gasteiger charge is -2.06. The Bertz CT molecular complexity index is 956. The number of ether oxygens (including phenoxy) is 1. The largest absolute Gasteiger partial charge is 0.462 e. The second kappa shape index (κ2) is 8.41. The highest BCUT2D eigenvalue weighted by Gasteiger charge is 2.11. The fourth-order valence-corrected chi connectivity index (χ4v) is 2.42. The van der Waals surface area contributed by atoms with E-state index in [-0.39, 0.29) is 19.1 Å². The van der Waals surface area contributed by atoms with E-state index in [0.717, 1.165) is 5.56 Å². The number of hydrogen-bond acceptors (Lipinski definition) is 6. The van der Waals surface area contributed by atoms with Crippen molar-refractivity contribution in [2.75, 3.05) is 11.9 Å². The maximum atomic E-state index is 12.2. The van der Waals surface area contributed by atoms with Crippen molar-refractivity contribution in [1.82, 2.24) is 20.2 Å². The smallest absolute Gasteiger partial charge is 0.338 e. The molecular weight excluding hydrogens is 370 g/mol. The van der Waals surface area contributed by atoms with Crippen molar-refractivity contribution in [1.29, 1.82) is 0 Å². The molecule has 27 heavy (non-hydrogen) atoms. The molecule has 2 aromatic carbocycles. The molecular formula is C18H16ClN5O3. The van der Waals surface area contributed by atoms with E-state index in [2.05, 4.69) is 20.7 Å². The van der Waals surface area contributed by atoms with Crippen LogP contribution in [-0.2, 0) is 16.1 Å². The first-order chi connectivity index (χ1) is 13.0. The Morgan fingerprint density at radius 1 is 1.19 bits per heavy atom. The molecule has 1 aromatic heterocycles. The third-order valence-corrected chi connectivity index (χ3v) is 3.75. The molecule has 0 saturated heterocycles. The molecule has 9 heteroatoms. The first kappa shape index (κ1) is 18.5. The molecule has 0 unspecified atom stereocenters. The number of aromatic nitrogens is 4. The second-order valence-electron chi connectivity index (χ2n) is 5.50. The molecule has 0 spiro atoms. The van der Waals surface area contributed by atoms with Crippen LogP contribution in [-0.4, -0.2) is 38.7 Å². The van der Waals surface area contributed by atoms with Crippen LogP contribution in [0, 0.1) is 0 Å². The van der Waals surface area contributed by atoms with Gasteiger partial charge in [-0.15, -0.1) is 10.2 Å². The molecule has 1 N–H and O–H groups in total. The minimum atomic E-state index is -0.445. The Morgan fingerprint density at radius 3 is 2.70 bits per heavy atom. The van der Waals surface area contributed by atoms with Crippen LogP contribution in [0.4, 0.5) is 5.69 Å². The summed E-state index contributed by atoms with van der Waals surface area (Å²) in [7, 11) is 0. The van der Waals surface area contributed by atoms with E-state index in [9.17, 15) is 9.59 Å². The quantitative estimate of drug-likeness (QED) is 0.655. The molecule has 8 nitrogen and oxygen atoms in total. The zero-order chi connectivity index (χ0) is 19.2. The Morgan fingerprint density at radius 2 is 1.96 bits per heavy atom. The van der Waals surface area contributed by atoms with Crippen LogP contribution < -0.4 is 5.32 Å². The van der Waals surface area contributed by atoms with Crippen LogP contribution in [0.15, 0.2) is 48.5 Å². The van der Waals surface area contributed by atoms with Crippen molar-refractivity contribution in [3.8, 4) is 11.4 Å². The fraction of sp³-hybridized carbons (Fsp3) is 0.167. The summed E-state index contributed by atoms with van der Waals surface area (Å²) >= 11 is 5.85. The summed E-state index contributed by atoms with van der Waals surface area (Å²) in [6.07, 6.45) is 0. The molecule has 0 aliphatic rings. The number of hydrogen-bond donors (Lipinski definition) is 1. The molecule has 0 radical (unpaired) electrons. The Balaban J connectivity index is 1.64. The third-order valence-electron chi connectivity index (χ3n) is 3.50. The SMILES string of the molecule is CCOC(=O)c1cccc(NC(=O)Cn2nnc(-c3ccc(Cl)cc3)n2)c1. The molecule has 0 aliphatic heterocycles. The van der Waals surface area contributed by atoms with E-state index >= 15 is 0 Å². The second-order valence-corrected chi connectivity index (χ2v) is 5.94. The molecule has 3 rings (SSSR count). The standard InChI is InChI=1S/C18H16ClN5O3/c1-2-27-18(26)13-4-3-5-15(10-13)20-16(25)11-24-22-17(21-23-24)12-6-8-14(19)9-7-12/h3-10H,2,11H2,1H3,(H,20,25). The van der Waals surface area contributed by atoms with E-state index in [4.69, 9.17) is 16.3 Å². The first-order valence-corrected chi connectivity index (χ1v) is 8.53. The number of carbonyl (C=O) groups excluding carboxylic acids is 2. The molecule has 1 amide bonds. The van der Waals surface area contributed by atoms with Crippen LogP contribution in [0.1, 0.15) is 17.3 Å². The van der Waals surface area contributed by atoms with Crippen molar-refractivity contribution in [2.24, 2.45) is 0 Å². The number of nitrogens with one attached hydrogen (secondary N) is 1. The Kier molecular flexibility index (Phi) is 5.77. The molecule has 0 saturated carbocycles. The molecule has 0 aliphatic carbocycles. The lowest BCUT2D eigenvalue weighted by Crippen LogP contribution is -2.20. The fourth-order valence-electron chi connectivity index (χ4n) is 2.29. The van der Waals surface area contributed by atoms with Crippen LogP contribution >= 0.6 is 11.6 Å². The minimum absolute atomic E-state index is 0.121. The van der Waals surface area contributed by atoms with Crippen molar-refractivity contribution in [3.63, 3.8) is 0 Å². The van der Waals surface area contributed by atoms with E-state index in [1.165, 1.54) is 4.80 Å². The number of anilines is 1. The predicted molar refractivity (Wildman–Crippen MR) is 99.3 cm³/mol. The van der Waals surface area contributed by atoms with Gasteiger partial charge in [-0.3, -0.25) is 4.79 Å². The van der Waals surface area contributed by atoms with Gasteiger partial charge in [-0.1, -0.05) is 17.7 Å². The monoisotopic (exact) mass is 385 g/mol. The van der Waals surface area contributed by atoms with E-state index in [0.29, 0.717) is 22.1 Å². The molecule has 138 valence electrons. The van der Waals surface area contributed by atoms with E-state index < -0.39 is 5.97 Å². The Hall–Kier alpha value is -3.26. The average Bonchev–Trinajstić information content (AvgIpc) is 3.11. The number of rotatable bonds is 6. The van der Waals surface area contributed by atoms with Crippen molar-refractivity contribution < 1.29 is 14.3 Å². The maximum Gasteiger partial charge on any atom is 0.338 e. The number of halogens is 1. The molecule has 1 heterocycles. The molecule has 0 bridgehead atoms. The van der Waals surface area contributed by atoms with E-state index in [1.54, 1.807) is 55.5 Å². The summed E-state index contributed by atoms with van der Waals surface area (Å²) in [6.45, 7) is 1.89. The highest BCUT2D eigenvalue weighted by atomic mass is 35.5. The number of tetrazole rings is 1. The van der Waals surface area contributed by atoms with Crippen molar-refractivity contribution in [2.45, 2.75) is 13.5 Å². The first-order valence-electron chi connectivity index (χ1n) is 8.16. The number of esters is 1. The van der Waals surface area contributed by atoms with Gasteiger partial charge in [-0.05, 0) is 54.6 Å². The normalized spacial score (nSPS) is 10.4. The van der Waals surface area contributed by atoms with Gasteiger partial charge in [-0.25, -0.2) is 4.79 Å². The van der Waals surface area contributed by atoms with Gasteiger partial charge in [0.05, 0.1) is 12.2 Å². The number of amides is 1. The summed E-state index contributed by atoms with van der Waals surface area (Å²) in [5, 5.41) is 15.3. The third kappa shape index (κ3) is 4.89. The topological polar surface area (TPSA) is 99.0 Å². The van der Waals surface area contributed by atoms with Gasteiger partial charge in [0.25, 0.3) is 0 Å². The van der Waals surface area contributed by atoms with Crippen molar-refractivity contribution in [3.05, 3.63) is 59.1 Å². The Labute approximate surface area is 160 Å². The van der Waals surface area contributed by atoms with Gasteiger partial charge in [0, 0.05) is 16.3 Å². The van der Waals surface area contributed by atoms with Gasteiger partial charge in [0.15, 0.2) is 0 Å². The van der Waals surface area contributed by atoms with Gasteiger partial charge < -0.3 is 10.1 Å². The summed E-state index contributed by atoms with van der Waals surface area (Å²) in [5.41, 5.74) is 1.58. The molecule has 0 atom stereocenters. The number of nitrogens with zero attached hydrogens (tertiary/aromatic N) is 4. The van der Waals surface area contributed by atoms with Gasteiger partial charge in [0.1, 0.15) is 6.54 Å². The van der Waals surface area contributed by atoms with Crippen LogP contribution in [0.2, 0.25) is 5.02 Å². The number of carbonyl (C=O) groups is 2. The highest BCUT2D eigenvalue weighted by Crippen LogP contribution is 2.17. The average molecular weight is 386 g/mol. The minimum Gasteiger partial charge on any atom is -0.462 e. The van der Waals surface area contributed by atoms with Crippen LogP contribution in [0.25, 0.3) is 11.4 Å². The molecule has 0 fully saturated rings. The van der Waals surface area contributed by atoms with E-state index in [1.807, 2.05) is 0 Å². The predicted octanol–water partition coefficient (Wildman–Crippen LogP) is 2.81. The highest BCUT2D eigenvalue weighted by molar-refractivity contribution is 6.30. The zero-order valence-electron chi connectivity index (χ0n) is 14.4. The van der Waals surface area contributed by atoms with Crippen LogP contribution in [0.5, 0.6) is 0 Å². The maximum absolute atomic E-state index is 12.2. The van der Waals surface area contributed by atoms with Gasteiger partial charge in [0.2, 0.25) is 11.7 Å². The summed E-state index contributed by atoms with van der Waals surface area (Å²) in [4.78, 5) is 25.2. The van der Waals surface area contributed by atoms with Gasteiger partial charge in [-0.2, -0.15) is 4.80 Å². The van der Waals surface area contributed by atoms with Crippen LogP contribution in [0.3, 0.4) is 0 Å². The summed E-state index contributed by atoms with van der Waals surface area (Å²) < 4.78 is 4.94. The summed E-state index contributed by atoms with van der Waals surface area (Å²) in [5.74, 6) is -0.404. The summed E-state index contributed by atoms with van der Waals surface area (Å²) in [6, 6.07) is 13.5. The zero-order valence-corrected chi connectivity index (χ0v) is 15.2. The van der Waals surface area contributed by atoms with Crippen molar-refractivity contribution >= 4 is 29.2 Å².